The lowest BCUT2D eigenvalue weighted by atomic mass is 10.2. The molecule has 7 heteroatoms. The van der Waals surface area contributed by atoms with Crippen LogP contribution in [0.3, 0.4) is 0 Å². The first-order valence-corrected chi connectivity index (χ1v) is 6.71. The van der Waals surface area contributed by atoms with E-state index >= 15 is 0 Å². The highest BCUT2D eigenvalue weighted by Crippen LogP contribution is 2.35. The first-order chi connectivity index (χ1) is 9.50. The molecule has 2 aromatic rings. The molecule has 0 saturated carbocycles. The summed E-state index contributed by atoms with van der Waals surface area (Å²) in [6.07, 6.45) is 1.39. The maximum atomic E-state index is 11.6. The quantitative estimate of drug-likeness (QED) is 0.903. The Morgan fingerprint density at radius 3 is 2.35 bits per heavy atom. The predicted octanol–water partition coefficient (Wildman–Crippen LogP) is 2.08. The highest BCUT2D eigenvalue weighted by Gasteiger charge is 2.19. The number of primary amides is 2. The average Bonchev–Trinajstić information content (AvgIpc) is 2.40. The number of carbonyl (C=O) groups is 2. The SMILES string of the molecule is NC(=O)c1nccc(Sc2ccccc2Cl)c1C(N)=O. The number of carbonyl (C=O) groups excluding carboxylic acids is 2. The molecule has 0 atom stereocenters. The third kappa shape index (κ3) is 2.92. The summed E-state index contributed by atoms with van der Waals surface area (Å²) in [5.41, 5.74) is 10.4. The van der Waals surface area contributed by atoms with Crippen LogP contribution < -0.4 is 11.5 Å². The van der Waals surface area contributed by atoms with E-state index in [0.29, 0.717) is 9.92 Å². The van der Waals surface area contributed by atoms with Crippen LogP contribution in [0.15, 0.2) is 46.3 Å². The molecule has 0 aliphatic carbocycles. The van der Waals surface area contributed by atoms with Crippen molar-refractivity contribution in [3.05, 3.63) is 52.8 Å². The van der Waals surface area contributed by atoms with Crippen molar-refractivity contribution < 1.29 is 9.59 Å². The van der Waals surface area contributed by atoms with Gasteiger partial charge in [-0.1, -0.05) is 35.5 Å². The zero-order valence-corrected chi connectivity index (χ0v) is 11.7. The highest BCUT2D eigenvalue weighted by atomic mass is 35.5. The van der Waals surface area contributed by atoms with E-state index in [-0.39, 0.29) is 11.3 Å². The second kappa shape index (κ2) is 5.94. The third-order valence-corrected chi connectivity index (χ3v) is 4.03. The molecule has 0 unspecified atom stereocenters. The van der Waals surface area contributed by atoms with Crippen molar-refractivity contribution in [2.45, 2.75) is 9.79 Å². The second-order valence-corrected chi connectivity index (χ2v) is 5.28. The molecule has 0 aliphatic heterocycles. The van der Waals surface area contributed by atoms with Gasteiger partial charge >= 0.3 is 0 Å². The normalized spacial score (nSPS) is 10.2. The second-order valence-electron chi connectivity index (χ2n) is 3.79. The van der Waals surface area contributed by atoms with E-state index in [1.165, 1.54) is 18.0 Å². The largest absolute Gasteiger partial charge is 0.365 e. The first-order valence-electron chi connectivity index (χ1n) is 5.51. The molecule has 20 heavy (non-hydrogen) atoms. The van der Waals surface area contributed by atoms with E-state index in [9.17, 15) is 9.59 Å². The number of nitrogens with two attached hydrogens (primary N) is 2. The van der Waals surface area contributed by atoms with Crippen LogP contribution in [0, 0.1) is 0 Å². The van der Waals surface area contributed by atoms with Crippen LogP contribution in [0.2, 0.25) is 5.02 Å². The zero-order chi connectivity index (χ0) is 14.7. The Morgan fingerprint density at radius 1 is 1.05 bits per heavy atom. The summed E-state index contributed by atoms with van der Waals surface area (Å²) < 4.78 is 0. The Labute approximate surface area is 124 Å². The molecule has 2 rings (SSSR count). The third-order valence-electron chi connectivity index (χ3n) is 2.45. The summed E-state index contributed by atoms with van der Waals surface area (Å²) in [5.74, 6) is -1.57. The first kappa shape index (κ1) is 14.4. The Kier molecular flexibility index (Phi) is 4.26. The zero-order valence-electron chi connectivity index (χ0n) is 10.2. The van der Waals surface area contributed by atoms with Gasteiger partial charge in [-0.2, -0.15) is 0 Å². The van der Waals surface area contributed by atoms with Crippen LogP contribution in [-0.2, 0) is 0 Å². The van der Waals surface area contributed by atoms with E-state index in [1.807, 2.05) is 6.07 Å². The van der Waals surface area contributed by atoms with Gasteiger partial charge in [-0.15, -0.1) is 0 Å². The number of aromatic nitrogens is 1. The topological polar surface area (TPSA) is 99.1 Å². The number of rotatable bonds is 4. The highest BCUT2D eigenvalue weighted by molar-refractivity contribution is 7.99. The van der Waals surface area contributed by atoms with Crippen molar-refractivity contribution in [1.82, 2.24) is 4.98 Å². The number of hydrogen-bond acceptors (Lipinski definition) is 4. The van der Waals surface area contributed by atoms with E-state index in [2.05, 4.69) is 4.98 Å². The molecular weight excluding hydrogens is 298 g/mol. The minimum atomic E-state index is -0.805. The molecule has 0 radical (unpaired) electrons. The van der Waals surface area contributed by atoms with Crippen molar-refractivity contribution >= 4 is 35.2 Å². The molecule has 0 aliphatic rings. The molecule has 0 spiro atoms. The van der Waals surface area contributed by atoms with E-state index in [0.717, 1.165) is 4.90 Å². The van der Waals surface area contributed by atoms with Gasteiger partial charge in [0.25, 0.3) is 11.8 Å². The van der Waals surface area contributed by atoms with E-state index < -0.39 is 11.8 Å². The van der Waals surface area contributed by atoms with Crippen LogP contribution in [-0.4, -0.2) is 16.8 Å². The van der Waals surface area contributed by atoms with Gasteiger partial charge in [0.2, 0.25) is 0 Å². The maximum absolute atomic E-state index is 11.6. The fourth-order valence-corrected chi connectivity index (χ4v) is 2.83. The minimum Gasteiger partial charge on any atom is -0.365 e. The van der Waals surface area contributed by atoms with Crippen LogP contribution >= 0.6 is 23.4 Å². The summed E-state index contributed by atoms with van der Waals surface area (Å²) in [7, 11) is 0. The van der Waals surface area contributed by atoms with Crippen molar-refractivity contribution in [3.63, 3.8) is 0 Å². The minimum absolute atomic E-state index is 0.00456. The predicted molar refractivity (Wildman–Crippen MR) is 76.8 cm³/mol. The summed E-state index contributed by atoms with van der Waals surface area (Å²) in [5, 5.41) is 0.533. The Balaban J connectivity index is 2.52. The molecular formula is C13H10ClN3O2S. The van der Waals surface area contributed by atoms with Gasteiger partial charge in [0.1, 0.15) is 5.69 Å². The lowest BCUT2D eigenvalue weighted by Crippen LogP contribution is -2.22. The number of benzene rings is 1. The van der Waals surface area contributed by atoms with Gasteiger partial charge in [0.05, 0.1) is 10.6 Å². The fourth-order valence-electron chi connectivity index (χ4n) is 1.60. The molecule has 1 aromatic carbocycles. The fraction of sp³-hybridized carbons (Fsp3) is 0. The van der Waals surface area contributed by atoms with Gasteiger partial charge in [-0.05, 0) is 18.2 Å². The van der Waals surface area contributed by atoms with Gasteiger partial charge in [-0.3, -0.25) is 14.6 Å². The maximum Gasteiger partial charge on any atom is 0.268 e. The Hall–Kier alpha value is -2.05. The lowest BCUT2D eigenvalue weighted by molar-refractivity contribution is 0.0961. The number of nitrogens with zero attached hydrogens (tertiary/aromatic N) is 1. The van der Waals surface area contributed by atoms with Crippen molar-refractivity contribution in [2.75, 3.05) is 0 Å². The standard InChI is InChI=1S/C13H10ClN3O2S/c14-7-3-1-2-4-8(7)20-9-5-6-17-11(13(16)19)10(9)12(15)18/h1-6H,(H2,15,18)(H2,16,19). The van der Waals surface area contributed by atoms with Crippen LogP contribution in [0.25, 0.3) is 0 Å². The average molecular weight is 308 g/mol. The molecule has 1 heterocycles. The number of pyridine rings is 1. The number of halogens is 1. The van der Waals surface area contributed by atoms with Gasteiger partial charge in [-0.25, -0.2) is 0 Å². The molecule has 2 amide bonds. The molecule has 102 valence electrons. The summed E-state index contributed by atoms with van der Waals surface area (Å²) in [4.78, 5) is 27.9. The Bertz CT molecular complexity index is 691. The van der Waals surface area contributed by atoms with Gasteiger partial charge in [0, 0.05) is 16.0 Å². The molecule has 0 bridgehead atoms. The molecule has 1 aromatic heterocycles. The van der Waals surface area contributed by atoms with E-state index in [1.54, 1.807) is 24.3 Å². The lowest BCUT2D eigenvalue weighted by Gasteiger charge is -2.09. The van der Waals surface area contributed by atoms with Crippen LogP contribution in [0.1, 0.15) is 20.8 Å². The van der Waals surface area contributed by atoms with Crippen LogP contribution in [0.4, 0.5) is 0 Å². The van der Waals surface area contributed by atoms with Crippen molar-refractivity contribution in [2.24, 2.45) is 11.5 Å². The number of hydrogen-bond donors (Lipinski definition) is 2. The summed E-state index contributed by atoms with van der Waals surface area (Å²) in [6.45, 7) is 0. The molecule has 5 nitrogen and oxygen atoms in total. The van der Waals surface area contributed by atoms with E-state index in [4.69, 9.17) is 23.1 Å². The number of amides is 2. The van der Waals surface area contributed by atoms with Crippen molar-refractivity contribution in [3.8, 4) is 0 Å². The summed E-state index contributed by atoms with van der Waals surface area (Å²) in [6, 6.07) is 8.71. The Morgan fingerprint density at radius 2 is 1.75 bits per heavy atom. The summed E-state index contributed by atoms with van der Waals surface area (Å²) >= 11 is 7.28. The smallest absolute Gasteiger partial charge is 0.268 e. The monoisotopic (exact) mass is 307 g/mol. The molecule has 4 N–H and O–H groups in total. The van der Waals surface area contributed by atoms with Crippen molar-refractivity contribution in [1.29, 1.82) is 0 Å². The van der Waals surface area contributed by atoms with Gasteiger partial charge < -0.3 is 11.5 Å². The van der Waals surface area contributed by atoms with Crippen LogP contribution in [0.5, 0.6) is 0 Å². The van der Waals surface area contributed by atoms with Gasteiger partial charge in [0.15, 0.2) is 0 Å². The molecule has 0 fully saturated rings. The molecule has 0 saturated heterocycles.